The maximum atomic E-state index is 14.3. The van der Waals surface area contributed by atoms with Gasteiger partial charge in [-0.15, -0.1) is 0 Å². The van der Waals surface area contributed by atoms with Crippen molar-refractivity contribution >= 4 is 37.5 Å². The van der Waals surface area contributed by atoms with Gasteiger partial charge in [-0.3, -0.25) is 4.79 Å². The molecule has 0 atom stereocenters. The molecule has 0 aliphatic rings. The maximum Gasteiger partial charge on any atom is 0.258 e. The number of sulfonamides is 1. The summed E-state index contributed by atoms with van der Waals surface area (Å²) in [5.74, 6) is -1.06. The van der Waals surface area contributed by atoms with E-state index in [1.165, 1.54) is 7.11 Å². The van der Waals surface area contributed by atoms with E-state index in [0.717, 1.165) is 18.2 Å². The third-order valence-electron chi connectivity index (χ3n) is 4.26. The maximum absolute atomic E-state index is 14.3. The number of carbonyl (C=O) groups excluding carboxylic acids is 1. The Bertz CT molecular complexity index is 1190. The third-order valence-corrected chi connectivity index (χ3v) is 6.35. The Kier molecular flexibility index (Phi) is 6.86. The van der Waals surface area contributed by atoms with Gasteiger partial charge in [0.15, 0.2) is 0 Å². The van der Waals surface area contributed by atoms with E-state index >= 15 is 0 Å². The molecule has 156 valence electrons. The number of anilines is 1. The minimum absolute atomic E-state index is 0.0256. The fourth-order valence-corrected chi connectivity index (χ4v) is 4.12. The lowest BCUT2D eigenvalue weighted by molar-refractivity contribution is 0.102. The van der Waals surface area contributed by atoms with Crippen molar-refractivity contribution in [2.45, 2.75) is 11.4 Å². The summed E-state index contributed by atoms with van der Waals surface area (Å²) in [4.78, 5) is 12.3. The first-order valence-corrected chi connectivity index (χ1v) is 11.1. The van der Waals surface area contributed by atoms with Crippen molar-refractivity contribution in [3.63, 3.8) is 0 Å². The largest absolute Gasteiger partial charge is 0.496 e. The number of hydrogen-bond acceptors (Lipinski definition) is 4. The van der Waals surface area contributed by atoms with Crippen LogP contribution in [-0.2, 0) is 16.6 Å². The van der Waals surface area contributed by atoms with Gasteiger partial charge in [0, 0.05) is 16.6 Å². The molecule has 3 rings (SSSR count). The number of benzene rings is 3. The highest BCUT2D eigenvalue weighted by Crippen LogP contribution is 2.23. The van der Waals surface area contributed by atoms with Crippen molar-refractivity contribution < 1.29 is 22.3 Å². The number of amides is 1. The minimum Gasteiger partial charge on any atom is -0.496 e. The zero-order valence-electron chi connectivity index (χ0n) is 15.9. The van der Waals surface area contributed by atoms with E-state index in [4.69, 9.17) is 4.74 Å². The molecular weight excluding hydrogens is 475 g/mol. The number of para-hydroxylation sites is 2. The predicted molar refractivity (Wildman–Crippen MR) is 116 cm³/mol. The monoisotopic (exact) mass is 492 g/mol. The highest BCUT2D eigenvalue weighted by atomic mass is 79.9. The number of rotatable bonds is 7. The van der Waals surface area contributed by atoms with Crippen LogP contribution in [0.1, 0.15) is 15.9 Å². The van der Waals surface area contributed by atoms with Gasteiger partial charge < -0.3 is 10.1 Å². The molecule has 1 amide bonds. The summed E-state index contributed by atoms with van der Waals surface area (Å²) in [7, 11) is -2.51. The molecule has 0 aliphatic carbocycles. The Morgan fingerprint density at radius 2 is 1.77 bits per heavy atom. The molecule has 0 heterocycles. The summed E-state index contributed by atoms with van der Waals surface area (Å²) in [5.41, 5.74) is 0.688. The smallest absolute Gasteiger partial charge is 0.258 e. The van der Waals surface area contributed by atoms with Crippen molar-refractivity contribution in [2.24, 2.45) is 0 Å². The first-order valence-electron chi connectivity index (χ1n) is 8.79. The van der Waals surface area contributed by atoms with E-state index in [0.29, 0.717) is 21.5 Å². The molecule has 0 aliphatic heterocycles. The summed E-state index contributed by atoms with van der Waals surface area (Å²) >= 11 is 3.29. The molecule has 0 saturated carbocycles. The lowest BCUT2D eigenvalue weighted by Gasteiger charge is -2.12. The predicted octanol–water partition coefficient (Wildman–Crippen LogP) is 4.33. The number of carbonyl (C=O) groups is 1. The van der Waals surface area contributed by atoms with Crippen LogP contribution in [0.3, 0.4) is 0 Å². The van der Waals surface area contributed by atoms with Crippen LogP contribution in [0.15, 0.2) is 76.1 Å². The zero-order chi connectivity index (χ0) is 21.7. The van der Waals surface area contributed by atoms with Gasteiger partial charge in [-0.25, -0.2) is 17.5 Å². The van der Waals surface area contributed by atoms with Gasteiger partial charge in [-0.2, -0.15) is 0 Å². The van der Waals surface area contributed by atoms with Crippen molar-refractivity contribution in [1.82, 2.24) is 4.72 Å². The van der Waals surface area contributed by atoms with E-state index in [1.54, 1.807) is 48.5 Å². The Balaban J connectivity index is 1.82. The van der Waals surface area contributed by atoms with Crippen molar-refractivity contribution in [3.8, 4) is 5.75 Å². The van der Waals surface area contributed by atoms with E-state index < -0.39 is 21.7 Å². The number of methoxy groups -OCH3 is 1. The summed E-state index contributed by atoms with van der Waals surface area (Å²) in [6, 6.07) is 16.9. The fraction of sp³-hybridized carbons (Fsp3) is 0.0952. The van der Waals surface area contributed by atoms with Gasteiger partial charge in [0.05, 0.1) is 23.3 Å². The van der Waals surface area contributed by atoms with Crippen molar-refractivity contribution in [1.29, 1.82) is 0 Å². The molecule has 0 spiro atoms. The molecule has 3 aromatic rings. The van der Waals surface area contributed by atoms with Crippen molar-refractivity contribution in [2.75, 3.05) is 12.4 Å². The molecule has 9 heteroatoms. The molecule has 2 N–H and O–H groups in total. The summed E-state index contributed by atoms with van der Waals surface area (Å²) in [5, 5.41) is 2.56. The molecule has 30 heavy (non-hydrogen) atoms. The van der Waals surface area contributed by atoms with Gasteiger partial charge in [0.25, 0.3) is 5.91 Å². The summed E-state index contributed by atoms with van der Waals surface area (Å²) in [6.07, 6.45) is 0. The topological polar surface area (TPSA) is 84.5 Å². The number of hydrogen-bond donors (Lipinski definition) is 2. The molecule has 6 nitrogen and oxygen atoms in total. The molecule has 0 fully saturated rings. The van der Waals surface area contributed by atoms with Gasteiger partial charge >= 0.3 is 0 Å². The number of ether oxygens (including phenoxy) is 1. The summed E-state index contributed by atoms with van der Waals surface area (Å²) in [6.45, 7) is -0.0256. The van der Waals surface area contributed by atoms with Crippen LogP contribution in [0.2, 0.25) is 0 Å². The first kappa shape index (κ1) is 21.9. The minimum atomic E-state index is -4.00. The highest BCUT2D eigenvalue weighted by Gasteiger charge is 2.20. The first-order chi connectivity index (χ1) is 14.3. The van der Waals surface area contributed by atoms with Crippen LogP contribution in [0, 0.1) is 5.82 Å². The van der Waals surface area contributed by atoms with Crippen LogP contribution in [0.5, 0.6) is 5.75 Å². The Hall–Kier alpha value is -2.75. The molecule has 0 saturated heterocycles. The van der Waals surface area contributed by atoms with Crippen molar-refractivity contribution in [3.05, 3.63) is 88.1 Å². The summed E-state index contributed by atoms with van der Waals surface area (Å²) < 4.78 is 47.9. The van der Waals surface area contributed by atoms with Gasteiger partial charge in [-0.05, 0) is 52.3 Å². The van der Waals surface area contributed by atoms with Crippen LogP contribution >= 0.6 is 15.9 Å². The molecular formula is C21H18BrFN2O4S. The fourth-order valence-electron chi connectivity index (χ4n) is 2.70. The van der Waals surface area contributed by atoms with E-state index in [9.17, 15) is 17.6 Å². The Morgan fingerprint density at radius 3 is 2.50 bits per heavy atom. The second kappa shape index (κ2) is 9.38. The highest BCUT2D eigenvalue weighted by molar-refractivity contribution is 9.10. The van der Waals surface area contributed by atoms with E-state index in [1.807, 2.05) is 0 Å². The molecule has 0 aromatic heterocycles. The Labute approximate surface area is 182 Å². The lowest BCUT2D eigenvalue weighted by Crippen LogP contribution is -2.24. The van der Waals surface area contributed by atoms with Gasteiger partial charge in [-0.1, -0.05) is 30.3 Å². The second-order valence-corrected chi connectivity index (χ2v) is 8.83. The number of nitrogens with one attached hydrogen (secondary N) is 2. The number of halogens is 2. The molecule has 0 unspecified atom stereocenters. The standard InChI is InChI=1S/C21H18BrFN2O4S/c1-29-20-9-5-2-6-14(20)13-24-30(27,28)15-10-11-18(23)16(12-15)21(26)25-19-8-4-3-7-17(19)22/h2-12,24H,13H2,1H3,(H,25,26). The second-order valence-electron chi connectivity index (χ2n) is 6.21. The normalized spacial score (nSPS) is 11.2. The quantitative estimate of drug-likeness (QED) is 0.514. The average Bonchev–Trinajstić information content (AvgIpc) is 2.74. The van der Waals surface area contributed by atoms with Crippen LogP contribution in [0.4, 0.5) is 10.1 Å². The van der Waals surface area contributed by atoms with Gasteiger partial charge in [0.2, 0.25) is 10.0 Å². The Morgan fingerprint density at radius 1 is 1.07 bits per heavy atom. The van der Waals surface area contributed by atoms with Gasteiger partial charge in [0.1, 0.15) is 11.6 Å². The SMILES string of the molecule is COc1ccccc1CNS(=O)(=O)c1ccc(F)c(C(=O)Nc2ccccc2Br)c1. The molecule has 0 radical (unpaired) electrons. The third kappa shape index (κ3) is 5.05. The molecule has 0 bridgehead atoms. The van der Waals surface area contributed by atoms with E-state index in [2.05, 4.69) is 26.0 Å². The lowest BCUT2D eigenvalue weighted by atomic mass is 10.2. The average molecular weight is 493 g/mol. The van der Waals surface area contributed by atoms with E-state index in [-0.39, 0.29) is 17.0 Å². The van der Waals surface area contributed by atoms with Crippen LogP contribution in [0.25, 0.3) is 0 Å². The molecule has 3 aromatic carbocycles. The zero-order valence-corrected chi connectivity index (χ0v) is 18.3. The van der Waals surface area contributed by atoms with Crippen LogP contribution < -0.4 is 14.8 Å². The van der Waals surface area contributed by atoms with Crippen LogP contribution in [-0.4, -0.2) is 21.4 Å².